The molecule has 3 heteroatoms. The summed E-state index contributed by atoms with van der Waals surface area (Å²) < 4.78 is 2.04. The lowest BCUT2D eigenvalue weighted by Crippen LogP contribution is -1.96. The van der Waals surface area contributed by atoms with Crippen LogP contribution in [0.5, 0.6) is 0 Å². The Balaban J connectivity index is 2.35. The van der Waals surface area contributed by atoms with Gasteiger partial charge in [0.1, 0.15) is 0 Å². The largest absolute Gasteiger partial charge is 0.268 e. The van der Waals surface area contributed by atoms with Crippen LogP contribution in [0.2, 0.25) is 0 Å². The Bertz CT molecular complexity index is 549. The van der Waals surface area contributed by atoms with E-state index in [1.807, 2.05) is 22.2 Å². The fourth-order valence-corrected chi connectivity index (χ4v) is 3.89. The predicted octanol–water partition coefficient (Wildman–Crippen LogP) is 3.25. The zero-order chi connectivity index (χ0) is 11.3. The third-order valence-corrected chi connectivity index (χ3v) is 4.57. The zero-order valence-electron chi connectivity index (χ0n) is 10.0. The first kappa shape index (κ1) is 10.1. The SMILES string of the molecule is Cc1sc(C)c2c1CCCc1cnn(C)c1-2. The zero-order valence-corrected chi connectivity index (χ0v) is 10.8. The molecule has 0 radical (unpaired) electrons. The molecule has 0 amide bonds. The molecule has 0 fully saturated rings. The molecule has 2 aromatic heterocycles. The molecule has 2 aromatic rings. The fourth-order valence-electron chi connectivity index (χ4n) is 2.79. The number of nitrogens with zero attached hydrogens (tertiary/aromatic N) is 2. The third kappa shape index (κ3) is 1.27. The highest BCUT2D eigenvalue weighted by atomic mass is 32.1. The quantitative estimate of drug-likeness (QED) is 0.681. The van der Waals surface area contributed by atoms with Crippen LogP contribution in [0.1, 0.15) is 27.3 Å². The highest BCUT2D eigenvalue weighted by Gasteiger charge is 2.23. The van der Waals surface area contributed by atoms with Gasteiger partial charge in [0.25, 0.3) is 0 Å². The van der Waals surface area contributed by atoms with E-state index in [-0.39, 0.29) is 0 Å². The number of hydrogen-bond acceptors (Lipinski definition) is 2. The van der Waals surface area contributed by atoms with Crippen LogP contribution < -0.4 is 0 Å². The van der Waals surface area contributed by atoms with Crippen molar-refractivity contribution in [1.82, 2.24) is 9.78 Å². The minimum atomic E-state index is 1.17. The van der Waals surface area contributed by atoms with Gasteiger partial charge in [-0.3, -0.25) is 4.68 Å². The Kier molecular flexibility index (Phi) is 2.18. The standard InChI is InChI=1S/C13H16N2S/c1-8-11-6-4-5-10-7-14-15(3)13(10)12(11)9(2)16-8/h7H,4-6H2,1-3H3. The summed E-state index contributed by atoms with van der Waals surface area (Å²) in [4.78, 5) is 2.93. The van der Waals surface area contributed by atoms with Crippen molar-refractivity contribution in [2.45, 2.75) is 33.1 Å². The van der Waals surface area contributed by atoms with Crippen LogP contribution in [0, 0.1) is 13.8 Å². The molecule has 0 aromatic carbocycles. The van der Waals surface area contributed by atoms with E-state index in [4.69, 9.17) is 0 Å². The van der Waals surface area contributed by atoms with Crippen molar-refractivity contribution >= 4 is 11.3 Å². The summed E-state index contributed by atoms with van der Waals surface area (Å²) in [6.45, 7) is 4.48. The lowest BCUT2D eigenvalue weighted by molar-refractivity contribution is 0.774. The topological polar surface area (TPSA) is 17.8 Å². The maximum absolute atomic E-state index is 4.41. The Morgan fingerprint density at radius 3 is 2.88 bits per heavy atom. The molecule has 1 aliphatic carbocycles. The van der Waals surface area contributed by atoms with E-state index in [0.29, 0.717) is 0 Å². The van der Waals surface area contributed by atoms with Gasteiger partial charge in [-0.2, -0.15) is 5.10 Å². The Morgan fingerprint density at radius 2 is 2.06 bits per heavy atom. The van der Waals surface area contributed by atoms with Crippen LogP contribution >= 0.6 is 11.3 Å². The summed E-state index contributed by atoms with van der Waals surface area (Å²) in [5, 5.41) is 4.41. The van der Waals surface area contributed by atoms with Crippen molar-refractivity contribution in [2.75, 3.05) is 0 Å². The van der Waals surface area contributed by atoms with E-state index in [2.05, 4.69) is 26.0 Å². The molecule has 84 valence electrons. The average molecular weight is 232 g/mol. The van der Waals surface area contributed by atoms with Gasteiger partial charge in [0.2, 0.25) is 0 Å². The van der Waals surface area contributed by atoms with Crippen LogP contribution in [0.25, 0.3) is 11.3 Å². The molecule has 0 N–H and O–H groups in total. The minimum absolute atomic E-state index is 1.17. The van der Waals surface area contributed by atoms with Crippen LogP contribution in [0.4, 0.5) is 0 Å². The van der Waals surface area contributed by atoms with E-state index in [0.717, 1.165) is 0 Å². The molecule has 2 heterocycles. The van der Waals surface area contributed by atoms with Gasteiger partial charge in [0.05, 0.1) is 11.9 Å². The van der Waals surface area contributed by atoms with Gasteiger partial charge in [-0.1, -0.05) is 0 Å². The lowest BCUT2D eigenvalue weighted by atomic mass is 10.0. The molecule has 3 rings (SSSR count). The lowest BCUT2D eigenvalue weighted by Gasteiger charge is -2.05. The van der Waals surface area contributed by atoms with Crippen molar-refractivity contribution < 1.29 is 0 Å². The summed E-state index contributed by atoms with van der Waals surface area (Å²) >= 11 is 1.93. The second-order valence-electron chi connectivity index (χ2n) is 4.56. The normalized spacial score (nSPS) is 14.4. The summed E-state index contributed by atoms with van der Waals surface area (Å²) in [7, 11) is 2.06. The van der Waals surface area contributed by atoms with Crippen molar-refractivity contribution in [2.24, 2.45) is 7.05 Å². The highest BCUT2D eigenvalue weighted by molar-refractivity contribution is 7.12. The minimum Gasteiger partial charge on any atom is -0.268 e. The first-order valence-corrected chi connectivity index (χ1v) is 6.60. The number of fused-ring (bicyclic) bond motifs is 3. The smallest absolute Gasteiger partial charge is 0.0724 e. The van der Waals surface area contributed by atoms with Gasteiger partial charge in [-0.05, 0) is 44.2 Å². The maximum atomic E-state index is 4.41. The van der Waals surface area contributed by atoms with Crippen molar-refractivity contribution in [3.8, 4) is 11.3 Å². The van der Waals surface area contributed by atoms with Crippen molar-refractivity contribution in [3.05, 3.63) is 27.1 Å². The Hall–Kier alpha value is -1.09. The molecule has 0 bridgehead atoms. The van der Waals surface area contributed by atoms with Gasteiger partial charge in [-0.15, -0.1) is 11.3 Å². The van der Waals surface area contributed by atoms with Gasteiger partial charge >= 0.3 is 0 Å². The van der Waals surface area contributed by atoms with E-state index >= 15 is 0 Å². The summed E-state index contributed by atoms with van der Waals surface area (Å²) in [5.41, 5.74) is 5.80. The molecular formula is C13H16N2S. The number of rotatable bonds is 0. The van der Waals surface area contributed by atoms with E-state index in [9.17, 15) is 0 Å². The first-order chi connectivity index (χ1) is 7.68. The molecule has 0 atom stereocenters. The Morgan fingerprint density at radius 1 is 1.25 bits per heavy atom. The molecule has 0 aliphatic heterocycles. The molecular weight excluding hydrogens is 216 g/mol. The van der Waals surface area contributed by atoms with Crippen molar-refractivity contribution in [1.29, 1.82) is 0 Å². The van der Waals surface area contributed by atoms with Crippen LogP contribution in [-0.2, 0) is 19.9 Å². The summed E-state index contributed by atoms with van der Waals surface area (Å²) in [5.74, 6) is 0. The fraction of sp³-hybridized carbons (Fsp3) is 0.462. The van der Waals surface area contributed by atoms with Crippen molar-refractivity contribution in [3.63, 3.8) is 0 Å². The van der Waals surface area contributed by atoms with Gasteiger partial charge in [0.15, 0.2) is 0 Å². The predicted molar refractivity (Wildman–Crippen MR) is 68.0 cm³/mol. The molecule has 0 unspecified atom stereocenters. The molecule has 0 saturated carbocycles. The van der Waals surface area contributed by atoms with Gasteiger partial charge in [0, 0.05) is 22.4 Å². The maximum Gasteiger partial charge on any atom is 0.0724 e. The molecule has 0 saturated heterocycles. The second-order valence-corrected chi connectivity index (χ2v) is 5.99. The first-order valence-electron chi connectivity index (χ1n) is 5.78. The monoisotopic (exact) mass is 232 g/mol. The van der Waals surface area contributed by atoms with E-state index < -0.39 is 0 Å². The highest BCUT2D eigenvalue weighted by Crippen LogP contribution is 2.40. The van der Waals surface area contributed by atoms with E-state index in [1.165, 1.54) is 45.8 Å². The number of aromatic nitrogens is 2. The number of aryl methyl sites for hydroxylation is 4. The summed E-state index contributed by atoms with van der Waals surface area (Å²) in [6.07, 6.45) is 5.68. The van der Waals surface area contributed by atoms with E-state index in [1.54, 1.807) is 5.56 Å². The average Bonchev–Trinajstić information content (AvgIpc) is 2.64. The van der Waals surface area contributed by atoms with Crippen LogP contribution in [0.3, 0.4) is 0 Å². The van der Waals surface area contributed by atoms with Gasteiger partial charge < -0.3 is 0 Å². The third-order valence-electron chi connectivity index (χ3n) is 3.51. The van der Waals surface area contributed by atoms with Crippen LogP contribution in [0.15, 0.2) is 6.20 Å². The van der Waals surface area contributed by atoms with Crippen LogP contribution in [-0.4, -0.2) is 9.78 Å². The molecule has 0 spiro atoms. The Labute approximate surface area is 99.9 Å². The molecule has 1 aliphatic rings. The molecule has 2 nitrogen and oxygen atoms in total. The van der Waals surface area contributed by atoms with Gasteiger partial charge in [-0.25, -0.2) is 0 Å². The number of hydrogen-bond donors (Lipinski definition) is 0. The molecule has 16 heavy (non-hydrogen) atoms. The number of thiophene rings is 1. The summed E-state index contributed by atoms with van der Waals surface area (Å²) in [6, 6.07) is 0. The second kappa shape index (κ2) is 3.45.